The molecule has 0 bridgehead atoms. The van der Waals surface area contributed by atoms with Gasteiger partial charge in [-0.25, -0.2) is 10.1 Å². The number of hydrogen-bond acceptors (Lipinski definition) is 1. The number of rotatable bonds is 3. The second-order valence-electron chi connectivity index (χ2n) is 4.52. The normalized spacial score (nSPS) is 18.2. The third kappa shape index (κ3) is 4.49. The zero-order valence-corrected chi connectivity index (χ0v) is 9.25. The number of carbonyl (C=O) groups excluding carboxylic acids is 1. The van der Waals surface area contributed by atoms with Gasteiger partial charge in [-0.05, 0) is 18.8 Å². The highest BCUT2D eigenvalue weighted by atomic mass is 16.2. The van der Waals surface area contributed by atoms with E-state index in [2.05, 4.69) is 24.5 Å². The molecule has 1 N–H and O–H groups in total. The minimum absolute atomic E-state index is 0.120. The van der Waals surface area contributed by atoms with Crippen molar-refractivity contribution < 1.29 is 4.79 Å². The molecular weight excluding hydrogens is 176 g/mol. The van der Waals surface area contributed by atoms with Crippen LogP contribution in [0.2, 0.25) is 0 Å². The minimum atomic E-state index is -0.120. The van der Waals surface area contributed by atoms with E-state index in [0.29, 0.717) is 18.5 Å². The van der Waals surface area contributed by atoms with Crippen molar-refractivity contribution in [2.75, 3.05) is 6.54 Å². The van der Waals surface area contributed by atoms with E-state index < -0.39 is 0 Å². The number of nitrogens with one attached hydrogen (secondary N) is 1. The van der Waals surface area contributed by atoms with Crippen molar-refractivity contribution in [3.05, 3.63) is 0 Å². The highest BCUT2D eigenvalue weighted by Gasteiger charge is 2.15. The third-order valence-electron chi connectivity index (χ3n) is 2.53. The molecule has 0 aromatic heterocycles. The van der Waals surface area contributed by atoms with Gasteiger partial charge in [0.05, 0.1) is 0 Å². The standard InChI is InChI=1S/C11H21N2O/c1-9(2)8-12-11(14)13-10-6-4-3-5-7-10/h9-10H,3-8H2,1-2H3,(H,13,14). The van der Waals surface area contributed by atoms with Crippen LogP contribution in [0.5, 0.6) is 0 Å². The Kier molecular flexibility index (Phi) is 4.77. The summed E-state index contributed by atoms with van der Waals surface area (Å²) in [6.45, 7) is 4.77. The van der Waals surface area contributed by atoms with Crippen LogP contribution in [-0.2, 0) is 0 Å². The molecule has 0 saturated heterocycles. The molecule has 1 aliphatic carbocycles. The van der Waals surface area contributed by atoms with Crippen LogP contribution >= 0.6 is 0 Å². The first-order valence-electron chi connectivity index (χ1n) is 5.66. The first-order chi connectivity index (χ1) is 6.68. The van der Waals surface area contributed by atoms with E-state index in [1.165, 1.54) is 19.3 Å². The Balaban J connectivity index is 2.12. The molecule has 1 radical (unpaired) electrons. The van der Waals surface area contributed by atoms with Crippen molar-refractivity contribution in [3.8, 4) is 0 Å². The lowest BCUT2D eigenvalue weighted by Crippen LogP contribution is -2.40. The van der Waals surface area contributed by atoms with Crippen molar-refractivity contribution in [1.29, 1.82) is 0 Å². The Morgan fingerprint density at radius 3 is 2.57 bits per heavy atom. The van der Waals surface area contributed by atoms with E-state index in [4.69, 9.17) is 0 Å². The average Bonchev–Trinajstić information content (AvgIpc) is 2.16. The maximum absolute atomic E-state index is 11.3. The molecule has 3 nitrogen and oxygen atoms in total. The summed E-state index contributed by atoms with van der Waals surface area (Å²) in [5, 5.41) is 6.94. The topological polar surface area (TPSA) is 43.2 Å². The lowest BCUT2D eigenvalue weighted by molar-refractivity contribution is 0.230. The zero-order valence-electron chi connectivity index (χ0n) is 9.25. The number of carbonyl (C=O) groups is 1. The summed E-state index contributed by atoms with van der Waals surface area (Å²) in [4.78, 5) is 11.3. The van der Waals surface area contributed by atoms with Crippen molar-refractivity contribution >= 4 is 6.03 Å². The highest BCUT2D eigenvalue weighted by Crippen LogP contribution is 2.17. The molecule has 81 valence electrons. The fourth-order valence-electron chi connectivity index (χ4n) is 1.73. The molecule has 0 unspecified atom stereocenters. The summed E-state index contributed by atoms with van der Waals surface area (Å²) in [7, 11) is 0. The van der Waals surface area contributed by atoms with Crippen molar-refractivity contribution in [2.45, 2.75) is 52.0 Å². The largest absolute Gasteiger partial charge is 0.336 e. The molecule has 0 aromatic rings. The van der Waals surface area contributed by atoms with Crippen molar-refractivity contribution in [1.82, 2.24) is 10.6 Å². The first-order valence-corrected chi connectivity index (χ1v) is 5.66. The van der Waals surface area contributed by atoms with Gasteiger partial charge in [0.25, 0.3) is 0 Å². The number of nitrogens with zero attached hydrogens (tertiary/aromatic N) is 1. The smallest absolute Gasteiger partial charge is 0.334 e. The summed E-state index contributed by atoms with van der Waals surface area (Å²) in [6.07, 6.45) is 6.06. The van der Waals surface area contributed by atoms with Gasteiger partial charge in [-0.2, -0.15) is 0 Å². The fourth-order valence-corrected chi connectivity index (χ4v) is 1.73. The number of amides is 2. The van der Waals surface area contributed by atoms with E-state index >= 15 is 0 Å². The van der Waals surface area contributed by atoms with Gasteiger partial charge in [0.15, 0.2) is 0 Å². The van der Waals surface area contributed by atoms with E-state index in [0.717, 1.165) is 12.8 Å². The molecule has 1 saturated carbocycles. The molecule has 0 aliphatic heterocycles. The summed E-state index contributed by atoms with van der Waals surface area (Å²) in [6, 6.07) is 0.262. The van der Waals surface area contributed by atoms with Crippen LogP contribution in [0.3, 0.4) is 0 Å². The Bertz CT molecular complexity index is 174. The van der Waals surface area contributed by atoms with E-state index in [1.54, 1.807) is 0 Å². The van der Waals surface area contributed by atoms with E-state index in [1.807, 2.05) is 0 Å². The van der Waals surface area contributed by atoms with Crippen LogP contribution in [0.25, 0.3) is 0 Å². The van der Waals surface area contributed by atoms with Crippen LogP contribution in [0.4, 0.5) is 4.79 Å². The lowest BCUT2D eigenvalue weighted by atomic mass is 9.96. The van der Waals surface area contributed by atoms with Gasteiger partial charge in [-0.15, -0.1) is 0 Å². The van der Waals surface area contributed by atoms with Gasteiger partial charge >= 0.3 is 6.03 Å². The average molecular weight is 197 g/mol. The molecule has 3 heteroatoms. The molecule has 0 atom stereocenters. The maximum atomic E-state index is 11.3. The Hall–Kier alpha value is -0.730. The summed E-state index contributed by atoms with van der Waals surface area (Å²) in [5.74, 6) is 0.465. The van der Waals surface area contributed by atoms with Crippen LogP contribution in [0.15, 0.2) is 0 Å². The molecule has 1 rings (SSSR count). The molecule has 0 spiro atoms. The summed E-state index contributed by atoms with van der Waals surface area (Å²) < 4.78 is 0. The zero-order chi connectivity index (χ0) is 10.4. The lowest BCUT2D eigenvalue weighted by Gasteiger charge is -2.22. The predicted octanol–water partition coefficient (Wildman–Crippen LogP) is 2.29. The Labute approximate surface area is 86.6 Å². The van der Waals surface area contributed by atoms with Crippen LogP contribution in [0.1, 0.15) is 46.0 Å². The quantitative estimate of drug-likeness (QED) is 0.741. The molecule has 0 heterocycles. The number of hydrogen-bond donors (Lipinski definition) is 1. The summed E-state index contributed by atoms with van der Waals surface area (Å²) in [5.41, 5.74) is 0. The SMILES string of the molecule is CC(C)C[N]C(=O)NC1CCCCC1. The minimum Gasteiger partial charge on any atom is -0.334 e. The summed E-state index contributed by atoms with van der Waals surface area (Å²) >= 11 is 0. The fraction of sp³-hybridized carbons (Fsp3) is 0.909. The highest BCUT2D eigenvalue weighted by molar-refractivity contribution is 5.73. The van der Waals surface area contributed by atoms with Gasteiger partial charge in [0.2, 0.25) is 0 Å². The molecule has 14 heavy (non-hydrogen) atoms. The van der Waals surface area contributed by atoms with Crippen LogP contribution in [0, 0.1) is 5.92 Å². The molecule has 1 aliphatic rings. The first kappa shape index (κ1) is 11.3. The second-order valence-corrected chi connectivity index (χ2v) is 4.52. The van der Waals surface area contributed by atoms with E-state index in [9.17, 15) is 4.79 Å². The molecule has 2 amide bonds. The third-order valence-corrected chi connectivity index (χ3v) is 2.53. The van der Waals surface area contributed by atoms with Gasteiger partial charge in [0, 0.05) is 12.6 Å². The number of urea groups is 1. The van der Waals surface area contributed by atoms with Crippen molar-refractivity contribution in [2.24, 2.45) is 5.92 Å². The Morgan fingerprint density at radius 1 is 1.36 bits per heavy atom. The van der Waals surface area contributed by atoms with Gasteiger partial charge in [-0.1, -0.05) is 33.1 Å². The molecule has 1 fully saturated rings. The molecule has 0 aromatic carbocycles. The second kappa shape index (κ2) is 5.89. The predicted molar refractivity (Wildman–Crippen MR) is 57.2 cm³/mol. The van der Waals surface area contributed by atoms with Gasteiger partial charge < -0.3 is 5.32 Å². The maximum Gasteiger partial charge on any atom is 0.336 e. The Morgan fingerprint density at radius 2 is 2.00 bits per heavy atom. The van der Waals surface area contributed by atoms with Gasteiger partial charge in [0.1, 0.15) is 0 Å². The monoisotopic (exact) mass is 197 g/mol. The molecular formula is C11H21N2O. The van der Waals surface area contributed by atoms with E-state index in [-0.39, 0.29) is 6.03 Å². The van der Waals surface area contributed by atoms with Crippen LogP contribution in [-0.4, -0.2) is 18.6 Å². The van der Waals surface area contributed by atoms with Crippen LogP contribution < -0.4 is 10.6 Å². The van der Waals surface area contributed by atoms with Crippen molar-refractivity contribution in [3.63, 3.8) is 0 Å². The van der Waals surface area contributed by atoms with Gasteiger partial charge in [-0.3, -0.25) is 0 Å².